The largest absolute Gasteiger partial charge is 0.477 e. The van der Waals surface area contributed by atoms with Gasteiger partial charge in [-0.3, -0.25) is 24.0 Å². The predicted octanol–water partition coefficient (Wildman–Crippen LogP) is 0.297. The second-order valence-corrected chi connectivity index (χ2v) is 7.75. The van der Waals surface area contributed by atoms with Crippen molar-refractivity contribution >= 4 is 47.1 Å². The minimum Gasteiger partial charge on any atom is -0.477 e. The maximum atomic E-state index is 12.6. The van der Waals surface area contributed by atoms with Crippen molar-refractivity contribution < 1.29 is 29.0 Å². The van der Waals surface area contributed by atoms with Crippen LogP contribution < -0.4 is 5.32 Å². The number of amides is 2. The Bertz CT molecular complexity index is 926. The van der Waals surface area contributed by atoms with E-state index >= 15 is 0 Å². The van der Waals surface area contributed by atoms with Crippen molar-refractivity contribution in [3.63, 3.8) is 0 Å². The molecule has 0 bridgehead atoms. The molecular weight excluding hydrogens is 412 g/mol. The van der Waals surface area contributed by atoms with Crippen molar-refractivity contribution in [2.45, 2.75) is 25.3 Å². The second kappa shape index (κ2) is 7.47. The third-order valence-corrected chi connectivity index (χ3v) is 6.25. The molecule has 1 aromatic rings. The highest BCUT2D eigenvalue weighted by molar-refractivity contribution is 8.00. The summed E-state index contributed by atoms with van der Waals surface area (Å²) in [5.74, 6) is -2.77. The predicted molar refractivity (Wildman–Crippen MR) is 98.6 cm³/mol. The van der Waals surface area contributed by atoms with Crippen molar-refractivity contribution in [1.29, 1.82) is 0 Å². The number of rotatable bonds is 5. The Morgan fingerprint density at radius 1 is 1.43 bits per heavy atom. The van der Waals surface area contributed by atoms with E-state index in [-0.39, 0.29) is 28.8 Å². The van der Waals surface area contributed by atoms with Gasteiger partial charge in [0, 0.05) is 25.3 Å². The number of β-lactam (4-membered cyclic amide) rings is 1. The standard InChI is InChI=1S/C16H17ClN4O6S/c1-6-9(17)10(19-20(6)3)13(23)18-11-14(24)21-12(16(25)26)8(4-27-7(2)22)5-28-15(11)21/h11,15H,4-5H2,1-3H3,(H,18,23)(H,25,26)/t11-,15+/m1/s1. The molecule has 0 aliphatic carbocycles. The van der Waals surface area contributed by atoms with Gasteiger partial charge in [0.2, 0.25) is 0 Å². The van der Waals surface area contributed by atoms with Crippen molar-refractivity contribution in [3.8, 4) is 0 Å². The number of hydrogen-bond donors (Lipinski definition) is 2. The lowest BCUT2D eigenvalue weighted by Crippen LogP contribution is -2.70. The van der Waals surface area contributed by atoms with Crippen LogP contribution in [0.4, 0.5) is 0 Å². The SMILES string of the molecule is CC(=O)OCC1=C(C(=O)O)N2C(=O)[C@@H](NC(=O)c3nn(C)c(C)c3Cl)[C@@H]2SC1. The lowest BCUT2D eigenvalue weighted by atomic mass is 10.0. The number of carbonyl (C=O) groups excluding carboxylic acids is 3. The monoisotopic (exact) mass is 428 g/mol. The van der Waals surface area contributed by atoms with Crippen LogP contribution in [-0.4, -0.2) is 67.3 Å². The molecule has 12 heteroatoms. The Morgan fingerprint density at radius 3 is 2.64 bits per heavy atom. The molecular formula is C16H17ClN4O6S. The van der Waals surface area contributed by atoms with Crippen LogP contribution in [0.1, 0.15) is 23.1 Å². The fourth-order valence-corrected chi connectivity index (χ4v) is 4.49. The van der Waals surface area contributed by atoms with Crippen LogP contribution in [-0.2, 0) is 26.2 Å². The molecule has 0 saturated carbocycles. The van der Waals surface area contributed by atoms with Crippen LogP contribution in [0.2, 0.25) is 5.02 Å². The quantitative estimate of drug-likeness (QED) is 0.505. The van der Waals surface area contributed by atoms with Crippen molar-refractivity contribution in [1.82, 2.24) is 20.0 Å². The van der Waals surface area contributed by atoms with E-state index in [1.165, 1.54) is 23.4 Å². The summed E-state index contributed by atoms with van der Waals surface area (Å²) >= 11 is 7.37. The van der Waals surface area contributed by atoms with E-state index in [4.69, 9.17) is 16.3 Å². The van der Waals surface area contributed by atoms with Gasteiger partial charge in [-0.15, -0.1) is 11.8 Å². The van der Waals surface area contributed by atoms with Gasteiger partial charge in [-0.25, -0.2) is 4.79 Å². The molecule has 0 aromatic carbocycles. The van der Waals surface area contributed by atoms with E-state index in [1.54, 1.807) is 14.0 Å². The maximum Gasteiger partial charge on any atom is 0.352 e. The number of nitrogens with one attached hydrogen (secondary N) is 1. The molecule has 2 aliphatic heterocycles. The van der Waals surface area contributed by atoms with E-state index in [1.807, 2.05) is 0 Å². The summed E-state index contributed by atoms with van der Waals surface area (Å²) in [4.78, 5) is 48.8. The highest BCUT2D eigenvalue weighted by atomic mass is 35.5. The van der Waals surface area contributed by atoms with Crippen LogP contribution in [0, 0.1) is 6.92 Å². The number of aryl methyl sites for hydroxylation is 1. The Labute approximate surface area is 168 Å². The van der Waals surface area contributed by atoms with Crippen LogP contribution in [0.25, 0.3) is 0 Å². The van der Waals surface area contributed by atoms with Gasteiger partial charge in [-0.2, -0.15) is 5.10 Å². The molecule has 1 aromatic heterocycles. The smallest absolute Gasteiger partial charge is 0.352 e. The molecule has 10 nitrogen and oxygen atoms in total. The number of thioether (sulfide) groups is 1. The number of hydrogen-bond acceptors (Lipinski definition) is 7. The molecule has 0 unspecified atom stereocenters. The summed E-state index contributed by atoms with van der Waals surface area (Å²) in [6.45, 7) is 2.71. The van der Waals surface area contributed by atoms with Crippen LogP contribution in [0.3, 0.4) is 0 Å². The number of carboxylic acid groups (broad SMARTS) is 1. The van der Waals surface area contributed by atoms with Gasteiger partial charge in [-0.05, 0) is 6.92 Å². The van der Waals surface area contributed by atoms with Crippen molar-refractivity contribution in [2.24, 2.45) is 7.05 Å². The molecule has 0 radical (unpaired) electrons. The number of halogens is 1. The summed E-state index contributed by atoms with van der Waals surface area (Å²) in [6.07, 6.45) is 0. The van der Waals surface area contributed by atoms with E-state index < -0.39 is 35.2 Å². The van der Waals surface area contributed by atoms with Gasteiger partial charge in [0.25, 0.3) is 11.8 Å². The minimum absolute atomic E-state index is 0.00160. The number of nitrogens with zero attached hydrogens (tertiary/aromatic N) is 3. The van der Waals surface area contributed by atoms with Gasteiger partial charge >= 0.3 is 11.9 Å². The van der Waals surface area contributed by atoms with E-state index in [0.29, 0.717) is 11.3 Å². The van der Waals surface area contributed by atoms with E-state index in [2.05, 4.69) is 10.4 Å². The molecule has 2 N–H and O–H groups in total. The van der Waals surface area contributed by atoms with Gasteiger partial charge in [-0.1, -0.05) is 11.6 Å². The summed E-state index contributed by atoms with van der Waals surface area (Å²) in [5.41, 5.74) is 0.711. The van der Waals surface area contributed by atoms with Crippen molar-refractivity contribution in [2.75, 3.05) is 12.4 Å². The molecule has 150 valence electrons. The number of aromatic nitrogens is 2. The molecule has 2 atom stereocenters. The van der Waals surface area contributed by atoms with Crippen LogP contribution >= 0.6 is 23.4 Å². The molecule has 3 heterocycles. The zero-order valence-corrected chi connectivity index (χ0v) is 16.8. The number of ether oxygens (including phenoxy) is 1. The zero-order chi connectivity index (χ0) is 20.7. The van der Waals surface area contributed by atoms with Crippen LogP contribution in [0.15, 0.2) is 11.3 Å². The number of carbonyl (C=O) groups is 4. The van der Waals surface area contributed by atoms with Gasteiger partial charge in [0.1, 0.15) is 23.7 Å². The summed E-state index contributed by atoms with van der Waals surface area (Å²) in [7, 11) is 1.64. The molecule has 3 rings (SSSR count). The highest BCUT2D eigenvalue weighted by Gasteiger charge is 2.54. The number of carboxylic acids is 1. The molecule has 2 amide bonds. The first-order valence-electron chi connectivity index (χ1n) is 8.16. The lowest BCUT2D eigenvalue weighted by Gasteiger charge is -2.49. The first kappa shape index (κ1) is 20.2. The summed E-state index contributed by atoms with van der Waals surface area (Å²) < 4.78 is 6.33. The summed E-state index contributed by atoms with van der Waals surface area (Å²) in [6, 6.07) is -0.902. The fourth-order valence-electron chi connectivity index (χ4n) is 2.92. The molecule has 1 saturated heterocycles. The Balaban J connectivity index is 1.78. The van der Waals surface area contributed by atoms with Crippen molar-refractivity contribution in [3.05, 3.63) is 27.7 Å². The Morgan fingerprint density at radius 2 is 2.11 bits per heavy atom. The minimum atomic E-state index is -1.30. The fraction of sp³-hybridized carbons (Fsp3) is 0.438. The Kier molecular flexibility index (Phi) is 5.39. The molecule has 2 aliphatic rings. The second-order valence-electron chi connectivity index (χ2n) is 6.27. The first-order valence-corrected chi connectivity index (χ1v) is 9.59. The lowest BCUT2D eigenvalue weighted by molar-refractivity contribution is -0.149. The normalized spacial score (nSPS) is 21.1. The van der Waals surface area contributed by atoms with Gasteiger partial charge in [0.15, 0.2) is 5.69 Å². The number of esters is 1. The summed E-state index contributed by atoms with van der Waals surface area (Å²) in [5, 5.41) is 15.7. The molecule has 0 spiro atoms. The highest BCUT2D eigenvalue weighted by Crippen LogP contribution is 2.40. The maximum absolute atomic E-state index is 12.6. The molecule has 1 fully saturated rings. The van der Waals surface area contributed by atoms with E-state index in [9.17, 15) is 24.3 Å². The number of fused-ring (bicyclic) bond motifs is 1. The average Bonchev–Trinajstić information content (AvgIpc) is 2.90. The number of aliphatic carboxylic acids is 1. The van der Waals surface area contributed by atoms with Gasteiger partial charge < -0.3 is 15.2 Å². The zero-order valence-electron chi connectivity index (χ0n) is 15.2. The first-order chi connectivity index (χ1) is 13.1. The topological polar surface area (TPSA) is 131 Å². The van der Waals surface area contributed by atoms with Gasteiger partial charge in [0.05, 0.1) is 10.7 Å². The van der Waals surface area contributed by atoms with E-state index in [0.717, 1.165) is 4.90 Å². The average molecular weight is 429 g/mol. The third-order valence-electron chi connectivity index (χ3n) is 4.46. The van der Waals surface area contributed by atoms with Crippen LogP contribution in [0.5, 0.6) is 0 Å². The third kappa shape index (κ3) is 3.35. The molecule has 28 heavy (non-hydrogen) atoms. The Hall–Kier alpha value is -2.53.